The Bertz CT molecular complexity index is 756. The van der Waals surface area contributed by atoms with Gasteiger partial charge in [-0.3, -0.25) is 9.48 Å². The lowest BCUT2D eigenvalue weighted by atomic mass is 10.1. The first-order chi connectivity index (χ1) is 11.9. The molecule has 8 heteroatoms. The molecule has 134 valence electrons. The topological polar surface area (TPSA) is 85.2 Å². The fraction of sp³-hybridized carbons (Fsp3) is 0.353. The second kappa shape index (κ2) is 8.66. The first kappa shape index (κ1) is 19.0. The maximum Gasteiger partial charge on any atom is 0.407 e. The lowest BCUT2D eigenvalue weighted by molar-refractivity contribution is -0.116. The highest BCUT2D eigenvalue weighted by Crippen LogP contribution is 2.31. The van der Waals surface area contributed by atoms with E-state index in [-0.39, 0.29) is 18.9 Å². The van der Waals surface area contributed by atoms with Crippen LogP contribution in [0, 0.1) is 6.92 Å². The summed E-state index contributed by atoms with van der Waals surface area (Å²) in [6.45, 7) is 4.12. The Labute approximate surface area is 154 Å². The SMILES string of the molecule is CCOC(=O)NCCC(=O)Nc1c(-c2ccc(Br)cc2)c(C)nn1C. The highest BCUT2D eigenvalue weighted by molar-refractivity contribution is 9.10. The zero-order chi connectivity index (χ0) is 18.4. The van der Waals surface area contributed by atoms with Crippen LogP contribution in [-0.4, -0.2) is 34.9 Å². The van der Waals surface area contributed by atoms with Crippen molar-refractivity contribution in [2.45, 2.75) is 20.3 Å². The highest BCUT2D eigenvalue weighted by Gasteiger charge is 2.17. The number of aryl methyl sites for hydroxylation is 2. The van der Waals surface area contributed by atoms with Crippen molar-refractivity contribution < 1.29 is 14.3 Å². The minimum absolute atomic E-state index is 0.142. The molecule has 0 unspecified atom stereocenters. The molecule has 0 saturated heterocycles. The van der Waals surface area contributed by atoms with Gasteiger partial charge in [-0.1, -0.05) is 28.1 Å². The van der Waals surface area contributed by atoms with Gasteiger partial charge in [-0.15, -0.1) is 0 Å². The first-order valence-electron chi connectivity index (χ1n) is 7.92. The van der Waals surface area contributed by atoms with Crippen LogP contribution in [0.4, 0.5) is 10.6 Å². The number of benzene rings is 1. The van der Waals surface area contributed by atoms with Crippen molar-refractivity contribution in [2.24, 2.45) is 7.05 Å². The van der Waals surface area contributed by atoms with Gasteiger partial charge >= 0.3 is 6.09 Å². The third-order valence-electron chi connectivity index (χ3n) is 3.51. The summed E-state index contributed by atoms with van der Waals surface area (Å²) >= 11 is 3.42. The summed E-state index contributed by atoms with van der Waals surface area (Å²) in [5.41, 5.74) is 2.67. The molecule has 1 aromatic carbocycles. The average molecular weight is 409 g/mol. The summed E-state index contributed by atoms with van der Waals surface area (Å²) in [5.74, 6) is 0.416. The number of carbonyl (C=O) groups excluding carboxylic acids is 2. The second-order valence-electron chi connectivity index (χ2n) is 5.38. The average Bonchev–Trinajstić information content (AvgIpc) is 2.82. The number of ether oxygens (including phenoxy) is 1. The zero-order valence-corrected chi connectivity index (χ0v) is 16.0. The van der Waals surface area contributed by atoms with Crippen molar-refractivity contribution in [2.75, 3.05) is 18.5 Å². The smallest absolute Gasteiger partial charge is 0.407 e. The molecule has 0 atom stereocenters. The van der Waals surface area contributed by atoms with Gasteiger partial charge in [0.25, 0.3) is 0 Å². The minimum Gasteiger partial charge on any atom is -0.450 e. The van der Waals surface area contributed by atoms with Crippen LogP contribution < -0.4 is 10.6 Å². The van der Waals surface area contributed by atoms with Gasteiger partial charge in [0.1, 0.15) is 5.82 Å². The van der Waals surface area contributed by atoms with Gasteiger partial charge in [0, 0.05) is 30.0 Å². The number of aromatic nitrogens is 2. The fourth-order valence-electron chi connectivity index (χ4n) is 2.42. The van der Waals surface area contributed by atoms with E-state index in [1.807, 2.05) is 31.2 Å². The zero-order valence-electron chi connectivity index (χ0n) is 14.4. The molecule has 1 aromatic heterocycles. The van der Waals surface area contributed by atoms with E-state index in [0.717, 1.165) is 21.3 Å². The molecule has 0 saturated carbocycles. The number of anilines is 1. The molecule has 0 spiro atoms. The van der Waals surface area contributed by atoms with Gasteiger partial charge in [0.2, 0.25) is 5.91 Å². The van der Waals surface area contributed by atoms with Crippen LogP contribution in [0.2, 0.25) is 0 Å². The third kappa shape index (κ3) is 5.06. The molecule has 2 amide bonds. The monoisotopic (exact) mass is 408 g/mol. The van der Waals surface area contributed by atoms with Crippen molar-refractivity contribution in [3.8, 4) is 11.1 Å². The van der Waals surface area contributed by atoms with Crippen molar-refractivity contribution in [3.05, 3.63) is 34.4 Å². The second-order valence-corrected chi connectivity index (χ2v) is 6.30. The van der Waals surface area contributed by atoms with Crippen molar-refractivity contribution >= 4 is 33.7 Å². The lowest BCUT2D eigenvalue weighted by Crippen LogP contribution is -2.28. The molecule has 0 bridgehead atoms. The van der Waals surface area contributed by atoms with Crippen LogP contribution in [0.15, 0.2) is 28.7 Å². The molecular weight excluding hydrogens is 388 g/mol. The lowest BCUT2D eigenvalue weighted by Gasteiger charge is -2.10. The molecule has 2 rings (SSSR count). The number of alkyl carbamates (subject to hydrolysis) is 1. The normalized spacial score (nSPS) is 10.4. The number of amides is 2. The summed E-state index contributed by atoms with van der Waals surface area (Å²) in [6.07, 6.45) is -0.384. The van der Waals surface area contributed by atoms with Crippen molar-refractivity contribution in [1.29, 1.82) is 0 Å². The highest BCUT2D eigenvalue weighted by atomic mass is 79.9. The van der Waals surface area contributed by atoms with Crippen LogP contribution in [-0.2, 0) is 16.6 Å². The van der Waals surface area contributed by atoms with Gasteiger partial charge < -0.3 is 15.4 Å². The predicted molar refractivity (Wildman–Crippen MR) is 99.4 cm³/mol. The maximum absolute atomic E-state index is 12.2. The van der Waals surface area contributed by atoms with E-state index in [4.69, 9.17) is 4.74 Å². The summed E-state index contributed by atoms with van der Waals surface area (Å²) in [5, 5.41) is 9.80. The Hall–Kier alpha value is -2.35. The van der Waals surface area contributed by atoms with Gasteiger partial charge in [-0.05, 0) is 31.5 Å². The van der Waals surface area contributed by atoms with E-state index in [1.54, 1.807) is 18.7 Å². The number of rotatable bonds is 6. The van der Waals surface area contributed by atoms with Crippen LogP contribution in [0.5, 0.6) is 0 Å². The quantitative estimate of drug-likeness (QED) is 0.767. The number of carbonyl (C=O) groups is 2. The fourth-order valence-corrected chi connectivity index (χ4v) is 2.68. The van der Waals surface area contributed by atoms with Gasteiger partial charge in [-0.2, -0.15) is 5.10 Å². The molecular formula is C17H21BrN4O3. The Kier molecular flexibility index (Phi) is 6.58. The van der Waals surface area contributed by atoms with E-state index in [9.17, 15) is 9.59 Å². The van der Waals surface area contributed by atoms with Crippen LogP contribution in [0.3, 0.4) is 0 Å². The number of hydrogen-bond acceptors (Lipinski definition) is 4. The summed E-state index contributed by atoms with van der Waals surface area (Å²) in [4.78, 5) is 23.4. The van der Waals surface area contributed by atoms with Gasteiger partial charge in [0.15, 0.2) is 0 Å². The van der Waals surface area contributed by atoms with Crippen molar-refractivity contribution in [3.63, 3.8) is 0 Å². The van der Waals surface area contributed by atoms with E-state index in [2.05, 4.69) is 31.7 Å². The molecule has 1 heterocycles. The van der Waals surface area contributed by atoms with Crippen LogP contribution in [0.1, 0.15) is 19.0 Å². The molecule has 7 nitrogen and oxygen atoms in total. The third-order valence-corrected chi connectivity index (χ3v) is 4.04. The molecule has 0 fully saturated rings. The summed E-state index contributed by atoms with van der Waals surface area (Å²) in [7, 11) is 1.78. The molecule has 2 N–H and O–H groups in total. The Morgan fingerprint density at radius 3 is 2.60 bits per heavy atom. The van der Waals surface area contributed by atoms with Crippen molar-refractivity contribution in [1.82, 2.24) is 15.1 Å². The minimum atomic E-state index is -0.526. The Morgan fingerprint density at radius 1 is 1.28 bits per heavy atom. The number of halogens is 1. The summed E-state index contributed by atoms with van der Waals surface area (Å²) in [6, 6.07) is 7.81. The summed E-state index contributed by atoms with van der Waals surface area (Å²) < 4.78 is 7.37. The van der Waals surface area contributed by atoms with E-state index < -0.39 is 6.09 Å². The molecule has 0 aliphatic carbocycles. The van der Waals surface area contributed by atoms with Gasteiger partial charge in [-0.25, -0.2) is 4.79 Å². The maximum atomic E-state index is 12.2. The number of nitrogens with one attached hydrogen (secondary N) is 2. The van der Waals surface area contributed by atoms with E-state index in [1.165, 1.54) is 0 Å². The predicted octanol–water partition coefficient (Wildman–Crippen LogP) is 3.23. The molecule has 25 heavy (non-hydrogen) atoms. The number of hydrogen-bond donors (Lipinski definition) is 2. The Balaban J connectivity index is 2.08. The molecule has 0 radical (unpaired) electrons. The van der Waals surface area contributed by atoms with E-state index in [0.29, 0.717) is 12.4 Å². The van der Waals surface area contributed by atoms with Crippen LogP contribution >= 0.6 is 15.9 Å². The molecule has 0 aliphatic heterocycles. The standard InChI is InChI=1S/C17H21BrN4O3/c1-4-25-17(24)19-10-9-14(23)20-16-15(11(2)21-22(16)3)12-5-7-13(18)8-6-12/h5-8H,4,9-10H2,1-3H3,(H,19,24)(H,20,23). The van der Waals surface area contributed by atoms with Gasteiger partial charge in [0.05, 0.1) is 12.3 Å². The van der Waals surface area contributed by atoms with Crippen LogP contribution in [0.25, 0.3) is 11.1 Å². The molecule has 0 aliphatic rings. The number of nitrogens with zero attached hydrogens (tertiary/aromatic N) is 2. The van der Waals surface area contributed by atoms with E-state index >= 15 is 0 Å². The molecule has 2 aromatic rings. The first-order valence-corrected chi connectivity index (χ1v) is 8.71. The largest absolute Gasteiger partial charge is 0.450 e. The Morgan fingerprint density at radius 2 is 1.96 bits per heavy atom.